The van der Waals surface area contributed by atoms with Gasteiger partial charge < -0.3 is 13.9 Å². The Morgan fingerprint density at radius 1 is 1.09 bits per heavy atom. The molecule has 0 N–H and O–H groups in total. The van der Waals surface area contributed by atoms with Gasteiger partial charge in [0.05, 0.1) is 22.8 Å². The molecule has 3 heterocycles. The van der Waals surface area contributed by atoms with Crippen molar-refractivity contribution in [3.05, 3.63) is 69.3 Å². The van der Waals surface area contributed by atoms with Crippen LogP contribution < -0.4 is 10.5 Å². The number of nitriles is 2. The summed E-state index contributed by atoms with van der Waals surface area (Å²) in [6, 6.07) is 15.5. The number of anilines is 1. The number of oxazole rings is 1. The fourth-order valence-electron chi connectivity index (χ4n) is 4.76. The van der Waals surface area contributed by atoms with E-state index < -0.39 is 0 Å². The highest BCUT2D eigenvalue weighted by atomic mass is 16.3. The average molecular weight is 438 g/mol. The molecule has 2 aromatic heterocycles. The molecule has 33 heavy (non-hydrogen) atoms. The number of nitrogens with zero attached hydrogens (tertiary/aromatic N) is 5. The van der Waals surface area contributed by atoms with E-state index in [1.165, 1.54) is 4.57 Å². The molecule has 0 saturated carbocycles. The number of fused-ring (bicyclic) bond motifs is 2. The van der Waals surface area contributed by atoms with Crippen LogP contribution in [0.25, 0.3) is 22.0 Å². The maximum Gasteiger partial charge on any atom is 0.270 e. The Labute approximate surface area is 191 Å². The zero-order chi connectivity index (χ0) is 23.3. The molecule has 0 spiro atoms. The maximum absolute atomic E-state index is 12.9. The molecule has 1 fully saturated rings. The molecule has 2 aromatic carbocycles. The van der Waals surface area contributed by atoms with Gasteiger partial charge in [-0.05, 0) is 55.7 Å². The van der Waals surface area contributed by atoms with Crippen LogP contribution in [0, 0.1) is 29.6 Å². The normalized spacial score (nSPS) is 15.5. The Morgan fingerprint density at radius 3 is 2.55 bits per heavy atom. The van der Waals surface area contributed by atoms with Gasteiger partial charge in [-0.1, -0.05) is 13.0 Å². The molecule has 7 nitrogen and oxygen atoms in total. The van der Waals surface area contributed by atoms with Gasteiger partial charge in [0.15, 0.2) is 5.58 Å². The summed E-state index contributed by atoms with van der Waals surface area (Å²) < 4.78 is 7.59. The molecular formula is C26H23N5O2. The number of aryl methyl sites for hydroxylation is 2. The van der Waals surface area contributed by atoms with Crippen molar-refractivity contribution in [3.8, 4) is 12.1 Å². The summed E-state index contributed by atoms with van der Waals surface area (Å²) in [5, 5.41) is 20.0. The predicted octanol–water partition coefficient (Wildman–Crippen LogP) is 4.29. The van der Waals surface area contributed by atoms with E-state index in [0.717, 1.165) is 40.8 Å². The summed E-state index contributed by atoms with van der Waals surface area (Å²) in [6.45, 7) is 5.47. The summed E-state index contributed by atoms with van der Waals surface area (Å²) in [7, 11) is 1.66. The molecule has 0 amide bonds. The third-order valence-corrected chi connectivity index (χ3v) is 6.85. The van der Waals surface area contributed by atoms with Crippen molar-refractivity contribution in [2.24, 2.45) is 7.05 Å². The van der Waals surface area contributed by atoms with Crippen molar-refractivity contribution < 1.29 is 4.42 Å². The highest BCUT2D eigenvalue weighted by Crippen LogP contribution is 2.39. The second kappa shape index (κ2) is 7.50. The number of pyridine rings is 1. The number of rotatable bonds is 2. The van der Waals surface area contributed by atoms with Crippen molar-refractivity contribution in [2.75, 3.05) is 18.0 Å². The lowest BCUT2D eigenvalue weighted by Gasteiger charge is -2.39. The lowest BCUT2D eigenvalue weighted by atomic mass is 9.80. The van der Waals surface area contributed by atoms with Crippen LogP contribution in [0.3, 0.4) is 0 Å². The van der Waals surface area contributed by atoms with Crippen LogP contribution in [-0.4, -0.2) is 22.6 Å². The van der Waals surface area contributed by atoms with Crippen LogP contribution in [0.1, 0.15) is 42.3 Å². The van der Waals surface area contributed by atoms with Crippen LogP contribution in [0.2, 0.25) is 0 Å². The highest BCUT2D eigenvalue weighted by molar-refractivity contribution is 5.95. The van der Waals surface area contributed by atoms with Crippen LogP contribution in [0.4, 0.5) is 5.69 Å². The van der Waals surface area contributed by atoms with Crippen molar-refractivity contribution in [2.45, 2.75) is 32.1 Å². The van der Waals surface area contributed by atoms with Gasteiger partial charge in [-0.3, -0.25) is 4.79 Å². The van der Waals surface area contributed by atoms with E-state index in [-0.39, 0.29) is 16.5 Å². The minimum absolute atomic E-state index is 0.112. The van der Waals surface area contributed by atoms with Gasteiger partial charge in [0, 0.05) is 30.9 Å². The number of aromatic nitrogens is 2. The summed E-state index contributed by atoms with van der Waals surface area (Å²) in [6.07, 6.45) is 1.52. The monoisotopic (exact) mass is 437 g/mol. The number of hydrogen-bond acceptors (Lipinski definition) is 6. The minimum atomic E-state index is -0.327. The molecule has 1 aliphatic heterocycles. The lowest BCUT2D eigenvalue weighted by molar-refractivity contribution is 0.292. The van der Waals surface area contributed by atoms with Crippen LogP contribution in [-0.2, 0) is 12.5 Å². The summed E-state index contributed by atoms with van der Waals surface area (Å²) >= 11 is 0. The zero-order valence-electron chi connectivity index (χ0n) is 18.8. The third kappa shape index (κ3) is 3.25. The number of benzene rings is 2. The molecule has 1 aliphatic rings. The van der Waals surface area contributed by atoms with Crippen LogP contribution in [0.5, 0.6) is 0 Å². The molecule has 7 heteroatoms. The largest absolute Gasteiger partial charge is 0.440 e. The van der Waals surface area contributed by atoms with Gasteiger partial charge in [-0.15, -0.1) is 0 Å². The smallest absolute Gasteiger partial charge is 0.270 e. The van der Waals surface area contributed by atoms with Gasteiger partial charge in [0.1, 0.15) is 17.1 Å². The molecular weight excluding hydrogens is 414 g/mol. The average Bonchev–Trinajstić information content (AvgIpc) is 3.26. The Hall–Kier alpha value is -4.10. The maximum atomic E-state index is 12.9. The Morgan fingerprint density at radius 2 is 1.85 bits per heavy atom. The first-order chi connectivity index (χ1) is 15.8. The van der Waals surface area contributed by atoms with Crippen molar-refractivity contribution in [1.29, 1.82) is 10.5 Å². The first-order valence-electron chi connectivity index (χ1n) is 10.9. The first-order valence-corrected chi connectivity index (χ1v) is 10.9. The molecule has 164 valence electrons. The minimum Gasteiger partial charge on any atom is -0.440 e. The predicted molar refractivity (Wildman–Crippen MR) is 126 cm³/mol. The SMILES string of the molecule is Cc1ccc2oc(C3(C)CCN(c4c(C#N)c(=O)n(C)c5ccc(C#N)cc45)CC3)nc2c1. The Balaban J connectivity index is 1.55. The van der Waals surface area contributed by atoms with E-state index in [9.17, 15) is 15.3 Å². The molecule has 0 bridgehead atoms. The molecule has 1 saturated heterocycles. The second-order valence-electron chi connectivity index (χ2n) is 9.08. The van der Waals surface area contributed by atoms with Crippen LogP contribution in [0.15, 0.2) is 45.6 Å². The van der Waals surface area contributed by atoms with E-state index in [1.54, 1.807) is 25.2 Å². The van der Waals surface area contributed by atoms with E-state index in [1.807, 2.05) is 25.1 Å². The molecule has 0 aliphatic carbocycles. The first kappa shape index (κ1) is 20.8. The summed E-state index contributed by atoms with van der Waals surface area (Å²) in [4.78, 5) is 19.8. The Bertz CT molecular complexity index is 1560. The van der Waals surface area contributed by atoms with Crippen molar-refractivity contribution in [3.63, 3.8) is 0 Å². The summed E-state index contributed by atoms with van der Waals surface area (Å²) in [5.74, 6) is 0.726. The Kier molecular flexibility index (Phi) is 4.72. The molecule has 0 radical (unpaired) electrons. The zero-order valence-corrected chi connectivity index (χ0v) is 18.8. The quantitative estimate of drug-likeness (QED) is 0.464. The topological polar surface area (TPSA) is 98.9 Å². The van der Waals surface area contributed by atoms with Gasteiger partial charge in [-0.25, -0.2) is 4.98 Å². The standard InChI is InChI=1S/C26H23N5O2/c1-16-4-7-22-20(12-16)29-25(33-22)26(2)8-10-31(11-9-26)23-18-13-17(14-27)5-6-21(18)30(3)24(32)19(23)15-28/h4-7,12-13H,8-11H2,1-3H3. The third-order valence-electron chi connectivity index (χ3n) is 6.85. The van der Waals surface area contributed by atoms with Gasteiger partial charge in [0.2, 0.25) is 5.89 Å². The van der Waals surface area contributed by atoms with E-state index >= 15 is 0 Å². The fourth-order valence-corrected chi connectivity index (χ4v) is 4.76. The van der Waals surface area contributed by atoms with E-state index in [4.69, 9.17) is 9.40 Å². The number of piperidine rings is 1. The van der Waals surface area contributed by atoms with Crippen molar-refractivity contribution in [1.82, 2.24) is 9.55 Å². The molecule has 0 atom stereocenters. The van der Waals surface area contributed by atoms with Gasteiger partial charge in [0.25, 0.3) is 5.56 Å². The highest BCUT2D eigenvalue weighted by Gasteiger charge is 2.37. The van der Waals surface area contributed by atoms with Gasteiger partial charge in [-0.2, -0.15) is 10.5 Å². The molecule has 0 unspecified atom stereocenters. The van der Waals surface area contributed by atoms with E-state index in [2.05, 4.69) is 24.0 Å². The van der Waals surface area contributed by atoms with Crippen molar-refractivity contribution >= 4 is 27.7 Å². The summed E-state index contributed by atoms with van der Waals surface area (Å²) in [5.41, 5.74) is 4.14. The molecule has 4 aromatic rings. The second-order valence-corrected chi connectivity index (χ2v) is 9.08. The molecule has 5 rings (SSSR count). The van der Waals surface area contributed by atoms with Gasteiger partial charge >= 0.3 is 0 Å². The number of hydrogen-bond donors (Lipinski definition) is 0. The lowest BCUT2D eigenvalue weighted by Crippen LogP contribution is -2.42. The fraction of sp³-hybridized carbons (Fsp3) is 0.308. The van der Waals surface area contributed by atoms with Crippen LogP contribution >= 0.6 is 0 Å². The van der Waals surface area contributed by atoms with E-state index in [0.29, 0.717) is 29.9 Å².